The summed E-state index contributed by atoms with van der Waals surface area (Å²) >= 11 is 1.46. The molecule has 0 unspecified atom stereocenters. The van der Waals surface area contributed by atoms with E-state index in [0.717, 1.165) is 4.96 Å². The fraction of sp³-hybridized carbons (Fsp3) is 0. The van der Waals surface area contributed by atoms with E-state index in [1.807, 2.05) is 5.38 Å². The predicted octanol–water partition coefficient (Wildman–Crippen LogP) is 2.77. The quantitative estimate of drug-likeness (QED) is 0.651. The molecule has 0 aliphatic carbocycles. The molecule has 0 bridgehead atoms. The van der Waals surface area contributed by atoms with Crippen LogP contribution in [0, 0.1) is 5.82 Å². The number of halogens is 1. The van der Waals surface area contributed by atoms with E-state index < -0.39 is 0 Å². The van der Waals surface area contributed by atoms with Gasteiger partial charge in [-0.25, -0.2) is 9.37 Å². The van der Waals surface area contributed by atoms with Crippen molar-refractivity contribution in [1.82, 2.24) is 9.38 Å². The molecule has 17 heavy (non-hydrogen) atoms. The van der Waals surface area contributed by atoms with Gasteiger partial charge in [0.25, 0.3) is 0 Å². The third kappa shape index (κ3) is 1.64. The van der Waals surface area contributed by atoms with Crippen molar-refractivity contribution in [3.8, 4) is 0 Å². The minimum absolute atomic E-state index is 0.157. The molecule has 3 rings (SSSR count). The first-order valence-electron chi connectivity index (χ1n) is 4.96. The number of thiazole rings is 1. The van der Waals surface area contributed by atoms with Gasteiger partial charge in [0.1, 0.15) is 11.5 Å². The van der Waals surface area contributed by atoms with Crippen molar-refractivity contribution in [2.24, 2.45) is 0 Å². The Kier molecular flexibility index (Phi) is 2.26. The van der Waals surface area contributed by atoms with E-state index in [2.05, 4.69) is 4.98 Å². The highest BCUT2D eigenvalue weighted by atomic mass is 32.1. The average molecular weight is 246 g/mol. The molecule has 0 fully saturated rings. The van der Waals surface area contributed by atoms with Crippen molar-refractivity contribution in [3.63, 3.8) is 0 Å². The van der Waals surface area contributed by atoms with Crippen LogP contribution < -0.4 is 0 Å². The number of imidazole rings is 1. The molecular formula is C12H7FN2OS. The smallest absolute Gasteiger partial charge is 0.211 e. The van der Waals surface area contributed by atoms with Gasteiger partial charge in [-0.15, -0.1) is 11.3 Å². The van der Waals surface area contributed by atoms with Gasteiger partial charge >= 0.3 is 0 Å². The molecule has 0 N–H and O–H groups in total. The molecule has 1 aromatic carbocycles. The van der Waals surface area contributed by atoms with Crippen molar-refractivity contribution < 1.29 is 9.18 Å². The van der Waals surface area contributed by atoms with E-state index >= 15 is 0 Å². The molecule has 2 aromatic heterocycles. The summed E-state index contributed by atoms with van der Waals surface area (Å²) in [6, 6.07) is 5.50. The molecule has 0 amide bonds. The van der Waals surface area contributed by atoms with Crippen LogP contribution in [0.4, 0.5) is 4.39 Å². The topological polar surface area (TPSA) is 34.4 Å². The van der Waals surface area contributed by atoms with Gasteiger partial charge in [0.05, 0.1) is 6.20 Å². The monoisotopic (exact) mass is 246 g/mol. The summed E-state index contributed by atoms with van der Waals surface area (Å²) in [5.41, 5.74) is 0.951. The van der Waals surface area contributed by atoms with Crippen LogP contribution >= 0.6 is 11.3 Å². The van der Waals surface area contributed by atoms with E-state index in [4.69, 9.17) is 0 Å². The summed E-state index contributed by atoms with van der Waals surface area (Å²) < 4.78 is 14.5. The third-order valence-electron chi connectivity index (χ3n) is 2.49. The van der Waals surface area contributed by atoms with Crippen LogP contribution in [-0.2, 0) is 0 Å². The lowest BCUT2D eigenvalue weighted by molar-refractivity contribution is 0.103. The lowest BCUT2D eigenvalue weighted by Gasteiger charge is -1.99. The molecule has 5 heteroatoms. The molecule has 0 radical (unpaired) electrons. The first kappa shape index (κ1) is 10.2. The number of carbonyl (C=O) groups excluding carboxylic acids is 1. The molecule has 0 saturated carbocycles. The molecule has 0 aliphatic rings. The Morgan fingerprint density at radius 2 is 2.06 bits per heavy atom. The maximum absolute atomic E-state index is 12.8. The lowest BCUT2D eigenvalue weighted by Crippen LogP contribution is -2.04. The summed E-state index contributed by atoms with van der Waals surface area (Å²) in [6.07, 6.45) is 3.33. The predicted molar refractivity (Wildman–Crippen MR) is 62.9 cm³/mol. The Labute approximate surface area is 100 Å². The number of carbonyl (C=O) groups is 1. The normalized spacial score (nSPS) is 10.9. The molecule has 0 atom stereocenters. The Morgan fingerprint density at radius 3 is 2.82 bits per heavy atom. The van der Waals surface area contributed by atoms with Gasteiger partial charge in [0.15, 0.2) is 4.96 Å². The van der Waals surface area contributed by atoms with Gasteiger partial charge < -0.3 is 0 Å². The fourth-order valence-corrected chi connectivity index (χ4v) is 2.34. The van der Waals surface area contributed by atoms with Crippen molar-refractivity contribution in [2.75, 3.05) is 0 Å². The van der Waals surface area contributed by atoms with Crippen LogP contribution in [0.2, 0.25) is 0 Å². The number of rotatable bonds is 2. The Balaban J connectivity index is 2.08. The number of hydrogen-bond donors (Lipinski definition) is 0. The van der Waals surface area contributed by atoms with Crippen molar-refractivity contribution >= 4 is 22.1 Å². The van der Waals surface area contributed by atoms with Crippen molar-refractivity contribution in [2.45, 2.75) is 0 Å². The van der Waals surface area contributed by atoms with Gasteiger partial charge in [-0.2, -0.15) is 0 Å². The first-order chi connectivity index (χ1) is 8.25. The Hall–Kier alpha value is -2.01. The minimum atomic E-state index is -0.351. The van der Waals surface area contributed by atoms with Crippen molar-refractivity contribution in [1.29, 1.82) is 0 Å². The molecule has 0 spiro atoms. The fourth-order valence-electron chi connectivity index (χ4n) is 1.64. The Bertz CT molecular complexity index is 684. The third-order valence-corrected chi connectivity index (χ3v) is 3.26. The van der Waals surface area contributed by atoms with E-state index in [1.165, 1.54) is 41.8 Å². The SMILES string of the molecule is O=C(c1ccc(F)cc1)c1cnc2sccn12. The largest absolute Gasteiger partial charge is 0.287 e. The zero-order valence-corrected chi connectivity index (χ0v) is 9.45. The molecule has 0 saturated heterocycles. The summed E-state index contributed by atoms with van der Waals surface area (Å²) in [4.78, 5) is 17.1. The van der Waals surface area contributed by atoms with Crippen LogP contribution in [0.1, 0.15) is 16.1 Å². The summed E-state index contributed by atoms with van der Waals surface area (Å²) in [7, 11) is 0. The van der Waals surface area contributed by atoms with Crippen LogP contribution in [-0.4, -0.2) is 15.2 Å². The molecular weight excluding hydrogens is 239 g/mol. The van der Waals surface area contributed by atoms with Crippen LogP contribution in [0.3, 0.4) is 0 Å². The number of nitrogens with zero attached hydrogens (tertiary/aromatic N) is 2. The number of benzene rings is 1. The van der Waals surface area contributed by atoms with Gasteiger partial charge in [-0.1, -0.05) is 0 Å². The molecule has 0 aliphatic heterocycles. The van der Waals surface area contributed by atoms with E-state index in [1.54, 1.807) is 10.6 Å². The van der Waals surface area contributed by atoms with Crippen LogP contribution in [0.25, 0.3) is 4.96 Å². The molecule has 3 nitrogen and oxygen atoms in total. The Morgan fingerprint density at radius 1 is 1.29 bits per heavy atom. The lowest BCUT2D eigenvalue weighted by atomic mass is 10.1. The first-order valence-corrected chi connectivity index (χ1v) is 5.84. The summed E-state index contributed by atoms with van der Waals surface area (Å²) in [6.45, 7) is 0. The van der Waals surface area contributed by atoms with Gasteiger partial charge in [0.2, 0.25) is 5.78 Å². The summed E-state index contributed by atoms with van der Waals surface area (Å²) in [5.74, 6) is -0.508. The summed E-state index contributed by atoms with van der Waals surface area (Å²) in [5, 5.41) is 1.86. The maximum atomic E-state index is 12.8. The highest BCUT2D eigenvalue weighted by molar-refractivity contribution is 7.15. The van der Waals surface area contributed by atoms with Crippen LogP contribution in [0.5, 0.6) is 0 Å². The zero-order valence-electron chi connectivity index (χ0n) is 8.63. The number of ketones is 1. The molecule has 2 heterocycles. The van der Waals surface area contributed by atoms with E-state index in [9.17, 15) is 9.18 Å². The molecule has 84 valence electrons. The number of aromatic nitrogens is 2. The van der Waals surface area contributed by atoms with Gasteiger partial charge in [-0.3, -0.25) is 9.20 Å². The average Bonchev–Trinajstić information content (AvgIpc) is 2.90. The number of fused-ring (bicyclic) bond motifs is 1. The highest BCUT2D eigenvalue weighted by Crippen LogP contribution is 2.16. The highest BCUT2D eigenvalue weighted by Gasteiger charge is 2.14. The maximum Gasteiger partial charge on any atom is 0.211 e. The van der Waals surface area contributed by atoms with E-state index in [-0.39, 0.29) is 11.6 Å². The van der Waals surface area contributed by atoms with E-state index in [0.29, 0.717) is 11.3 Å². The van der Waals surface area contributed by atoms with Gasteiger partial charge in [0, 0.05) is 17.1 Å². The zero-order chi connectivity index (χ0) is 11.8. The van der Waals surface area contributed by atoms with Crippen molar-refractivity contribution in [3.05, 3.63) is 59.1 Å². The second-order valence-corrected chi connectivity index (χ2v) is 4.41. The standard InChI is InChI=1S/C12H7FN2OS/c13-9-3-1-8(2-4-9)11(16)10-7-14-12-15(10)5-6-17-12/h1-7H. The van der Waals surface area contributed by atoms with Crippen LogP contribution in [0.15, 0.2) is 42.0 Å². The van der Waals surface area contributed by atoms with Gasteiger partial charge in [-0.05, 0) is 24.3 Å². The second-order valence-electron chi connectivity index (χ2n) is 3.54. The molecule has 3 aromatic rings. The minimum Gasteiger partial charge on any atom is -0.287 e. The second kappa shape index (κ2) is 3.78. The number of hydrogen-bond acceptors (Lipinski definition) is 3.